The molecule has 6 nitrogen and oxygen atoms in total. The van der Waals surface area contributed by atoms with E-state index in [1.165, 1.54) is 28.0 Å². The number of aromatic hydroxyl groups is 1. The van der Waals surface area contributed by atoms with Gasteiger partial charge < -0.3 is 10.0 Å². The summed E-state index contributed by atoms with van der Waals surface area (Å²) in [4.78, 5) is 10.3. The van der Waals surface area contributed by atoms with Crippen LogP contribution in [0.5, 0.6) is 5.88 Å². The molecule has 9 heteroatoms. The van der Waals surface area contributed by atoms with Crippen LogP contribution >= 0.6 is 22.9 Å². The number of hydrogen-bond donors (Lipinski definition) is 1. The highest BCUT2D eigenvalue weighted by atomic mass is 35.5. The third kappa shape index (κ3) is 3.86. The van der Waals surface area contributed by atoms with Crippen molar-refractivity contribution in [2.45, 2.75) is 13.0 Å². The van der Waals surface area contributed by atoms with Gasteiger partial charge in [-0.05, 0) is 42.8 Å². The summed E-state index contributed by atoms with van der Waals surface area (Å²) in [5.74, 6) is 0.368. The molecule has 0 radical (unpaired) electrons. The van der Waals surface area contributed by atoms with Crippen LogP contribution in [0.4, 0.5) is 10.1 Å². The smallest absolute Gasteiger partial charge is 0.230 e. The molecular formula is C22H21ClFN5OS. The van der Waals surface area contributed by atoms with Crippen molar-refractivity contribution in [2.75, 3.05) is 31.1 Å². The number of aryl methyl sites for hydroxylation is 1. The molecular weight excluding hydrogens is 437 g/mol. The first-order chi connectivity index (χ1) is 15.0. The van der Waals surface area contributed by atoms with Crippen molar-refractivity contribution in [2.24, 2.45) is 0 Å². The third-order valence-corrected chi connectivity index (χ3v) is 6.88. The molecule has 160 valence electrons. The number of piperazine rings is 1. The average molecular weight is 458 g/mol. The third-order valence-electron chi connectivity index (χ3n) is 5.57. The lowest BCUT2D eigenvalue weighted by Crippen LogP contribution is -2.47. The zero-order valence-corrected chi connectivity index (χ0v) is 18.4. The second-order valence-electron chi connectivity index (χ2n) is 7.60. The van der Waals surface area contributed by atoms with Crippen LogP contribution in [-0.2, 0) is 0 Å². The standard InChI is InChI=1S/C22H21ClFN5OS/c1-14-25-22-29(26-14)21(30)20(31-22)19(15-4-2-6-17(24)12-15)28-10-8-27(9-11-28)18-7-3-5-16(23)13-18/h2-7,12-13,19,30H,8-11H2,1H3/t19-/m0/s1. The first-order valence-corrected chi connectivity index (χ1v) is 11.2. The van der Waals surface area contributed by atoms with Crippen LogP contribution in [0.1, 0.15) is 22.3 Å². The summed E-state index contributed by atoms with van der Waals surface area (Å²) >= 11 is 7.55. The zero-order chi connectivity index (χ0) is 21.5. The second-order valence-corrected chi connectivity index (χ2v) is 9.05. The molecule has 2 aromatic heterocycles. The average Bonchev–Trinajstić information content (AvgIpc) is 3.26. The minimum atomic E-state index is -0.296. The van der Waals surface area contributed by atoms with Crippen molar-refractivity contribution in [3.63, 3.8) is 0 Å². The van der Waals surface area contributed by atoms with E-state index in [1.807, 2.05) is 24.3 Å². The highest BCUT2D eigenvalue weighted by Crippen LogP contribution is 2.40. The summed E-state index contributed by atoms with van der Waals surface area (Å²) in [6.07, 6.45) is 0. The number of anilines is 1. The number of halogens is 2. The summed E-state index contributed by atoms with van der Waals surface area (Å²) < 4.78 is 15.6. The van der Waals surface area contributed by atoms with Crippen molar-refractivity contribution in [3.8, 4) is 5.88 Å². The Labute approximate surface area is 188 Å². The lowest BCUT2D eigenvalue weighted by atomic mass is 10.0. The van der Waals surface area contributed by atoms with E-state index < -0.39 is 0 Å². The van der Waals surface area contributed by atoms with Crippen LogP contribution < -0.4 is 4.90 Å². The summed E-state index contributed by atoms with van der Waals surface area (Å²) in [5, 5.41) is 15.9. The molecule has 1 N–H and O–H groups in total. The summed E-state index contributed by atoms with van der Waals surface area (Å²) in [6.45, 7) is 4.89. The van der Waals surface area contributed by atoms with Crippen molar-refractivity contribution < 1.29 is 9.50 Å². The van der Waals surface area contributed by atoms with Crippen molar-refractivity contribution in [1.29, 1.82) is 0 Å². The maximum absolute atomic E-state index is 14.1. The van der Waals surface area contributed by atoms with E-state index in [0.717, 1.165) is 42.3 Å². The number of fused-ring (bicyclic) bond motifs is 1. The number of aromatic nitrogens is 3. The van der Waals surface area contributed by atoms with Crippen molar-refractivity contribution in [1.82, 2.24) is 19.5 Å². The molecule has 1 saturated heterocycles. The summed E-state index contributed by atoms with van der Waals surface area (Å²) in [7, 11) is 0. The Kier molecular flexibility index (Phi) is 5.29. The van der Waals surface area contributed by atoms with Gasteiger partial charge >= 0.3 is 0 Å². The van der Waals surface area contributed by atoms with Gasteiger partial charge in [0.15, 0.2) is 0 Å². The van der Waals surface area contributed by atoms with Crippen LogP contribution in [0.25, 0.3) is 4.96 Å². The molecule has 0 saturated carbocycles. The lowest BCUT2D eigenvalue weighted by molar-refractivity contribution is 0.211. The van der Waals surface area contributed by atoms with Crippen LogP contribution in [0.2, 0.25) is 5.02 Å². The topological polar surface area (TPSA) is 56.9 Å². The van der Waals surface area contributed by atoms with Gasteiger partial charge in [-0.2, -0.15) is 4.52 Å². The molecule has 0 aliphatic carbocycles. The van der Waals surface area contributed by atoms with Gasteiger partial charge in [0.1, 0.15) is 11.6 Å². The fourth-order valence-electron chi connectivity index (χ4n) is 4.14. The molecule has 2 aromatic carbocycles. The highest BCUT2D eigenvalue weighted by Gasteiger charge is 2.32. The Morgan fingerprint density at radius 2 is 1.87 bits per heavy atom. The molecule has 1 aliphatic heterocycles. The van der Waals surface area contributed by atoms with E-state index in [4.69, 9.17) is 11.6 Å². The minimum absolute atomic E-state index is 0.0622. The van der Waals surface area contributed by atoms with Gasteiger partial charge in [-0.25, -0.2) is 9.37 Å². The number of benzene rings is 2. The summed E-state index contributed by atoms with van der Waals surface area (Å²) in [5.41, 5.74) is 1.89. The number of thiazole rings is 1. The first-order valence-electron chi connectivity index (χ1n) is 10.0. The molecule has 1 fully saturated rings. The second kappa shape index (κ2) is 8.11. The van der Waals surface area contributed by atoms with Gasteiger partial charge in [-0.15, -0.1) is 5.10 Å². The van der Waals surface area contributed by atoms with E-state index in [1.54, 1.807) is 13.0 Å². The Morgan fingerprint density at radius 3 is 2.58 bits per heavy atom. The lowest BCUT2D eigenvalue weighted by Gasteiger charge is -2.40. The molecule has 5 rings (SSSR count). The van der Waals surface area contributed by atoms with Crippen molar-refractivity contribution >= 4 is 33.6 Å². The number of rotatable bonds is 4. The molecule has 1 aliphatic rings. The van der Waals surface area contributed by atoms with Crippen LogP contribution in [0.15, 0.2) is 48.5 Å². The zero-order valence-electron chi connectivity index (χ0n) is 16.9. The van der Waals surface area contributed by atoms with E-state index in [2.05, 4.69) is 25.9 Å². The van der Waals surface area contributed by atoms with Gasteiger partial charge in [0, 0.05) is 36.9 Å². The molecule has 0 amide bonds. The highest BCUT2D eigenvalue weighted by molar-refractivity contribution is 7.17. The fraction of sp³-hybridized carbons (Fsp3) is 0.273. The van der Waals surface area contributed by atoms with Crippen LogP contribution in [0.3, 0.4) is 0 Å². The van der Waals surface area contributed by atoms with E-state index in [-0.39, 0.29) is 17.7 Å². The molecule has 0 unspecified atom stereocenters. The predicted octanol–water partition coefficient (Wildman–Crippen LogP) is 4.51. The van der Waals surface area contributed by atoms with Crippen LogP contribution in [0, 0.1) is 12.7 Å². The van der Waals surface area contributed by atoms with Gasteiger partial charge in [0.2, 0.25) is 10.8 Å². The Morgan fingerprint density at radius 1 is 1.10 bits per heavy atom. The van der Waals surface area contributed by atoms with Crippen molar-refractivity contribution in [3.05, 3.63) is 75.6 Å². The number of hydrogen-bond acceptors (Lipinski definition) is 6. The molecule has 0 spiro atoms. The van der Waals surface area contributed by atoms with Gasteiger partial charge in [-0.1, -0.05) is 41.1 Å². The largest absolute Gasteiger partial charge is 0.492 e. The quantitative estimate of drug-likeness (QED) is 0.488. The van der Waals surface area contributed by atoms with Gasteiger partial charge in [0.25, 0.3) is 0 Å². The molecule has 31 heavy (non-hydrogen) atoms. The Balaban J connectivity index is 1.48. The minimum Gasteiger partial charge on any atom is -0.492 e. The molecule has 4 aromatic rings. The van der Waals surface area contributed by atoms with Gasteiger partial charge in [-0.3, -0.25) is 4.90 Å². The normalized spacial score (nSPS) is 16.2. The molecule has 3 heterocycles. The Hall–Kier alpha value is -2.68. The van der Waals surface area contributed by atoms with Gasteiger partial charge in [0.05, 0.1) is 10.9 Å². The maximum Gasteiger partial charge on any atom is 0.230 e. The fourth-order valence-corrected chi connectivity index (χ4v) is 5.49. The number of nitrogens with zero attached hydrogens (tertiary/aromatic N) is 5. The molecule has 0 bridgehead atoms. The first kappa shape index (κ1) is 20.2. The Bertz CT molecular complexity index is 1230. The van der Waals surface area contributed by atoms with Crippen LogP contribution in [-0.4, -0.2) is 50.8 Å². The van der Waals surface area contributed by atoms with E-state index >= 15 is 0 Å². The monoisotopic (exact) mass is 457 g/mol. The van der Waals surface area contributed by atoms with E-state index in [9.17, 15) is 9.50 Å². The summed E-state index contributed by atoms with van der Waals surface area (Å²) in [6, 6.07) is 14.1. The van der Waals surface area contributed by atoms with E-state index in [0.29, 0.717) is 15.8 Å². The SMILES string of the molecule is Cc1nc2sc([C@H](c3cccc(F)c3)N3CCN(c4cccc(Cl)c4)CC3)c(O)n2n1. The maximum atomic E-state index is 14.1. The predicted molar refractivity (Wildman–Crippen MR) is 121 cm³/mol. The molecule has 1 atom stereocenters.